The third kappa shape index (κ3) is 1.47. The lowest BCUT2D eigenvalue weighted by Gasteiger charge is -1.98. The summed E-state index contributed by atoms with van der Waals surface area (Å²) in [6.07, 6.45) is 0. The Kier molecular flexibility index (Phi) is 2.80. The van der Waals surface area contributed by atoms with Crippen LogP contribution >= 0.6 is 11.8 Å². The van der Waals surface area contributed by atoms with Gasteiger partial charge in [0.15, 0.2) is 0 Å². The number of hydrogen-bond donors (Lipinski definition) is 0. The summed E-state index contributed by atoms with van der Waals surface area (Å²) in [5.41, 5.74) is -0.256. The van der Waals surface area contributed by atoms with E-state index in [-0.39, 0.29) is 5.69 Å². The lowest BCUT2D eigenvalue weighted by atomic mass is 11.0. The maximum atomic E-state index is 11.2. The Morgan fingerprint density at radius 3 is 2.83 bits per heavy atom. The van der Waals surface area contributed by atoms with E-state index in [0.29, 0.717) is 5.16 Å². The molecule has 0 fully saturated rings. The van der Waals surface area contributed by atoms with Crippen molar-refractivity contribution in [2.75, 3.05) is 12.9 Å². The minimum atomic E-state index is -0.256. The molecular weight excluding hydrogens is 178 g/mol. The van der Waals surface area contributed by atoms with E-state index in [1.807, 2.05) is 6.92 Å². The zero-order chi connectivity index (χ0) is 9.14. The minimum Gasteiger partial charge on any atom is -0.410 e. The molecule has 6 heteroatoms. The molecule has 5 nitrogen and oxygen atoms in total. The maximum absolute atomic E-state index is 11.2. The summed E-state index contributed by atoms with van der Waals surface area (Å²) in [4.78, 5) is 16.1. The highest BCUT2D eigenvalue weighted by Crippen LogP contribution is 2.10. The van der Waals surface area contributed by atoms with Crippen LogP contribution in [0.3, 0.4) is 0 Å². The highest BCUT2D eigenvalue weighted by atomic mass is 32.2. The molecule has 0 atom stereocenters. The van der Waals surface area contributed by atoms with Gasteiger partial charge in [-0.1, -0.05) is 18.7 Å². The largest absolute Gasteiger partial charge is 0.410 e. The van der Waals surface area contributed by atoms with Gasteiger partial charge in [0, 0.05) is 7.05 Å². The van der Waals surface area contributed by atoms with Crippen molar-refractivity contribution in [1.82, 2.24) is 14.5 Å². The summed E-state index contributed by atoms with van der Waals surface area (Å²) >= 11 is 1.47. The van der Waals surface area contributed by atoms with Crippen molar-refractivity contribution >= 4 is 11.8 Å². The molecule has 0 bridgehead atoms. The van der Waals surface area contributed by atoms with Crippen molar-refractivity contribution in [3.8, 4) is 0 Å². The molecule has 12 heavy (non-hydrogen) atoms. The Bertz CT molecular complexity index is 317. The fourth-order valence-corrected chi connectivity index (χ4v) is 1.51. The van der Waals surface area contributed by atoms with Crippen LogP contribution in [0.25, 0.3) is 0 Å². The number of hydrogen-bond acceptors (Lipinski definition) is 4. The lowest BCUT2D eigenvalue weighted by Crippen LogP contribution is -2.26. The first-order valence-electron chi connectivity index (χ1n) is 3.54. The molecule has 68 valence electrons. The van der Waals surface area contributed by atoms with Crippen LogP contribution in [0.5, 0.6) is 0 Å². The van der Waals surface area contributed by atoms with Crippen molar-refractivity contribution in [1.29, 1.82) is 0 Å². The molecule has 0 amide bonds. The molecule has 1 aromatic rings. The van der Waals surface area contributed by atoms with Gasteiger partial charge >= 0.3 is 5.69 Å². The summed E-state index contributed by atoms with van der Waals surface area (Å²) in [7, 11) is 3.04. The maximum Gasteiger partial charge on any atom is 0.379 e. The molecule has 0 saturated carbocycles. The Morgan fingerprint density at radius 1 is 1.67 bits per heavy atom. The lowest BCUT2D eigenvalue weighted by molar-refractivity contribution is 0.134. The number of thioether (sulfide) groups is 1. The Balaban J connectivity index is 3.11. The Hall–Kier alpha value is -0.910. The Labute approximate surface area is 74.3 Å². The van der Waals surface area contributed by atoms with Crippen LogP contribution in [0, 0.1) is 0 Å². The molecule has 0 spiro atoms. The first kappa shape index (κ1) is 9.18. The van der Waals surface area contributed by atoms with E-state index in [9.17, 15) is 4.79 Å². The molecule has 0 N–H and O–H groups in total. The quantitative estimate of drug-likeness (QED) is 0.615. The highest BCUT2D eigenvalue weighted by molar-refractivity contribution is 7.99. The van der Waals surface area contributed by atoms with Crippen LogP contribution in [-0.2, 0) is 7.05 Å². The van der Waals surface area contributed by atoms with Gasteiger partial charge in [0.05, 0.1) is 0 Å². The summed E-state index contributed by atoms with van der Waals surface area (Å²) in [5.74, 6) is 0.861. The smallest absolute Gasteiger partial charge is 0.379 e. The zero-order valence-corrected chi connectivity index (χ0v) is 8.09. The van der Waals surface area contributed by atoms with E-state index in [0.717, 1.165) is 5.75 Å². The average molecular weight is 189 g/mol. The number of rotatable bonds is 3. The molecular formula is C6H11N3O2S. The molecule has 0 aromatic carbocycles. The second-order valence-electron chi connectivity index (χ2n) is 2.10. The van der Waals surface area contributed by atoms with Crippen molar-refractivity contribution in [2.45, 2.75) is 12.1 Å². The first-order chi connectivity index (χ1) is 5.70. The minimum absolute atomic E-state index is 0.256. The second-order valence-corrected chi connectivity index (χ2v) is 3.33. The van der Waals surface area contributed by atoms with Crippen molar-refractivity contribution in [3.63, 3.8) is 0 Å². The summed E-state index contributed by atoms with van der Waals surface area (Å²) in [5, 5.41) is 4.57. The molecule has 0 unspecified atom stereocenters. The number of aryl methyl sites for hydroxylation is 1. The summed E-state index contributed by atoms with van der Waals surface area (Å²) in [6.45, 7) is 1.99. The van der Waals surface area contributed by atoms with E-state index in [2.05, 4.69) is 5.10 Å². The van der Waals surface area contributed by atoms with Gasteiger partial charge in [0.2, 0.25) is 5.16 Å². The molecule has 0 aliphatic rings. The van der Waals surface area contributed by atoms with Crippen molar-refractivity contribution < 1.29 is 4.84 Å². The van der Waals surface area contributed by atoms with Gasteiger partial charge < -0.3 is 4.84 Å². The van der Waals surface area contributed by atoms with Crippen molar-refractivity contribution in [2.24, 2.45) is 7.05 Å². The van der Waals surface area contributed by atoms with Gasteiger partial charge in [-0.2, -0.15) is 0 Å². The van der Waals surface area contributed by atoms with Crippen LogP contribution in [-0.4, -0.2) is 27.4 Å². The molecule has 0 aliphatic carbocycles. The van der Waals surface area contributed by atoms with Gasteiger partial charge in [-0.3, -0.25) is 0 Å². The van der Waals surface area contributed by atoms with E-state index < -0.39 is 0 Å². The molecule has 0 aliphatic heterocycles. The normalized spacial score (nSPS) is 10.2. The molecule has 1 heterocycles. The summed E-state index contributed by atoms with van der Waals surface area (Å²) < 4.78 is 2.43. The number of nitrogens with zero attached hydrogens (tertiary/aromatic N) is 3. The van der Waals surface area contributed by atoms with E-state index in [1.54, 1.807) is 7.05 Å². The first-order valence-corrected chi connectivity index (χ1v) is 4.52. The van der Waals surface area contributed by atoms with E-state index in [4.69, 9.17) is 4.84 Å². The summed E-state index contributed by atoms with van der Waals surface area (Å²) in [6, 6.07) is 0. The van der Waals surface area contributed by atoms with Crippen LogP contribution in [0.2, 0.25) is 0 Å². The molecule has 1 rings (SSSR count). The standard InChI is InChI=1S/C6H11N3O2S/c1-4-12-5-7-8(2)6(10)9(5)11-3/h4H2,1-3H3. The van der Waals surface area contributed by atoms with E-state index in [1.165, 1.54) is 28.3 Å². The van der Waals surface area contributed by atoms with Crippen LogP contribution in [0.1, 0.15) is 6.92 Å². The van der Waals surface area contributed by atoms with Crippen LogP contribution in [0.15, 0.2) is 9.95 Å². The van der Waals surface area contributed by atoms with Gasteiger partial charge in [0.1, 0.15) is 7.11 Å². The predicted octanol–water partition coefficient (Wildman–Crippen LogP) is -0.248. The second kappa shape index (κ2) is 3.66. The van der Waals surface area contributed by atoms with Gasteiger partial charge in [-0.25, -0.2) is 9.48 Å². The monoisotopic (exact) mass is 189 g/mol. The Morgan fingerprint density at radius 2 is 2.33 bits per heavy atom. The topological polar surface area (TPSA) is 49.0 Å². The van der Waals surface area contributed by atoms with Crippen LogP contribution < -0.4 is 10.5 Å². The van der Waals surface area contributed by atoms with Crippen LogP contribution in [0.4, 0.5) is 0 Å². The fourth-order valence-electron chi connectivity index (χ4n) is 0.798. The SMILES string of the molecule is CCSc1nn(C)c(=O)n1OC. The van der Waals surface area contributed by atoms with Crippen molar-refractivity contribution in [3.05, 3.63) is 10.5 Å². The molecule has 0 radical (unpaired) electrons. The van der Waals surface area contributed by atoms with Gasteiger partial charge in [-0.15, -0.1) is 9.83 Å². The fraction of sp³-hybridized carbons (Fsp3) is 0.667. The highest BCUT2D eigenvalue weighted by Gasteiger charge is 2.10. The third-order valence-corrected chi connectivity index (χ3v) is 2.11. The predicted molar refractivity (Wildman–Crippen MR) is 46.4 cm³/mol. The average Bonchev–Trinajstić information content (AvgIpc) is 2.29. The molecule has 0 saturated heterocycles. The molecule has 1 aromatic heterocycles. The number of aromatic nitrogens is 3. The zero-order valence-electron chi connectivity index (χ0n) is 7.27. The van der Waals surface area contributed by atoms with Gasteiger partial charge in [-0.05, 0) is 5.75 Å². The third-order valence-electron chi connectivity index (χ3n) is 1.32. The van der Waals surface area contributed by atoms with Gasteiger partial charge in [0.25, 0.3) is 0 Å². The van der Waals surface area contributed by atoms with E-state index >= 15 is 0 Å².